The quantitative estimate of drug-likeness (QED) is 0.278. The Morgan fingerprint density at radius 3 is 2.64 bits per heavy atom. The van der Waals surface area contributed by atoms with Gasteiger partial charge in [-0.15, -0.1) is 35.3 Å². The van der Waals surface area contributed by atoms with E-state index in [1.54, 1.807) is 18.4 Å². The molecule has 2 aromatic heterocycles. The fourth-order valence-corrected chi connectivity index (χ4v) is 3.24. The van der Waals surface area contributed by atoms with Crippen LogP contribution in [0.3, 0.4) is 0 Å². The molecule has 0 saturated carbocycles. The largest absolute Gasteiger partial charge is 0.356 e. The minimum Gasteiger partial charge on any atom is -0.356 e. The van der Waals surface area contributed by atoms with Crippen LogP contribution in [0.25, 0.3) is 0 Å². The number of halogens is 1. The third-order valence-corrected chi connectivity index (χ3v) is 4.86. The minimum atomic E-state index is 0. The smallest absolute Gasteiger partial charge is 0.191 e. The first-order chi connectivity index (χ1) is 11.5. The molecule has 2 aromatic rings. The highest BCUT2D eigenvalue weighted by Gasteiger charge is 2.06. The van der Waals surface area contributed by atoms with Crippen LogP contribution in [0.15, 0.2) is 16.4 Å². The maximum atomic E-state index is 4.63. The molecule has 0 fully saturated rings. The van der Waals surface area contributed by atoms with Gasteiger partial charge in [0.1, 0.15) is 0 Å². The van der Waals surface area contributed by atoms with Crippen molar-refractivity contribution in [3.05, 3.63) is 33.5 Å². The van der Waals surface area contributed by atoms with Crippen LogP contribution in [0.4, 0.5) is 0 Å². The highest BCUT2D eigenvalue weighted by atomic mass is 127. The van der Waals surface area contributed by atoms with Crippen molar-refractivity contribution in [2.24, 2.45) is 4.99 Å². The van der Waals surface area contributed by atoms with Crippen LogP contribution in [0, 0.1) is 13.8 Å². The van der Waals surface area contributed by atoms with Gasteiger partial charge in [-0.25, -0.2) is 4.98 Å². The van der Waals surface area contributed by atoms with E-state index < -0.39 is 0 Å². The molecule has 0 aromatic carbocycles. The minimum absolute atomic E-state index is 0. The first-order valence-electron chi connectivity index (χ1n) is 8.39. The van der Waals surface area contributed by atoms with E-state index in [2.05, 4.69) is 62.6 Å². The molecule has 0 atom stereocenters. The standard InChI is InChI=1S/C17H28N6S.HI/c1-12(2)16-21-15(11-24-16)10-20-17(18-5)19-7-6-8-23-14(4)9-13(3)22-23;/h9,11-12H,6-8,10H2,1-5H3,(H2,18,19,20);1H. The lowest BCUT2D eigenvalue weighted by Crippen LogP contribution is -2.37. The fourth-order valence-electron chi connectivity index (χ4n) is 2.40. The van der Waals surface area contributed by atoms with Crippen molar-refractivity contribution >= 4 is 41.3 Å². The molecule has 0 bridgehead atoms. The summed E-state index contributed by atoms with van der Waals surface area (Å²) in [7, 11) is 1.79. The molecule has 2 rings (SSSR count). The van der Waals surface area contributed by atoms with Crippen molar-refractivity contribution in [3.8, 4) is 0 Å². The zero-order chi connectivity index (χ0) is 17.5. The number of hydrogen-bond acceptors (Lipinski definition) is 4. The van der Waals surface area contributed by atoms with Gasteiger partial charge in [0.2, 0.25) is 0 Å². The highest BCUT2D eigenvalue weighted by Crippen LogP contribution is 2.18. The third-order valence-electron chi connectivity index (χ3n) is 3.67. The van der Waals surface area contributed by atoms with Gasteiger partial charge in [0.05, 0.1) is 22.9 Å². The van der Waals surface area contributed by atoms with E-state index in [-0.39, 0.29) is 24.0 Å². The predicted molar refractivity (Wildman–Crippen MR) is 116 cm³/mol. The molecular weight excluding hydrogens is 447 g/mol. The predicted octanol–water partition coefficient (Wildman–Crippen LogP) is 3.45. The van der Waals surface area contributed by atoms with Crippen LogP contribution in [0.1, 0.15) is 48.3 Å². The first-order valence-corrected chi connectivity index (χ1v) is 9.27. The molecule has 0 aliphatic rings. The molecule has 0 saturated heterocycles. The summed E-state index contributed by atoms with van der Waals surface area (Å²) in [6.45, 7) is 10.9. The molecule has 25 heavy (non-hydrogen) atoms. The number of aromatic nitrogens is 3. The Labute approximate surface area is 171 Å². The van der Waals surface area contributed by atoms with Crippen molar-refractivity contribution in [2.45, 2.75) is 53.1 Å². The number of thiazole rings is 1. The summed E-state index contributed by atoms with van der Waals surface area (Å²) < 4.78 is 2.05. The summed E-state index contributed by atoms with van der Waals surface area (Å²) in [5.74, 6) is 1.29. The zero-order valence-corrected chi connectivity index (χ0v) is 18.8. The van der Waals surface area contributed by atoms with Crippen LogP contribution < -0.4 is 10.6 Å². The summed E-state index contributed by atoms with van der Waals surface area (Å²) in [5.41, 5.74) is 3.34. The van der Waals surface area contributed by atoms with E-state index in [0.29, 0.717) is 12.5 Å². The first kappa shape index (κ1) is 21.9. The summed E-state index contributed by atoms with van der Waals surface area (Å²) >= 11 is 1.72. The molecule has 0 unspecified atom stereocenters. The summed E-state index contributed by atoms with van der Waals surface area (Å²) in [4.78, 5) is 8.88. The average Bonchev–Trinajstić information content (AvgIpc) is 3.13. The lowest BCUT2D eigenvalue weighted by atomic mass is 10.2. The van der Waals surface area contributed by atoms with Gasteiger partial charge in [-0.05, 0) is 26.3 Å². The SMILES string of the molecule is CN=C(NCCCn1nc(C)cc1C)NCc1csc(C(C)C)n1.I. The molecule has 2 heterocycles. The molecular formula is C17H29IN6S. The van der Waals surface area contributed by atoms with E-state index in [9.17, 15) is 0 Å². The molecule has 2 N–H and O–H groups in total. The number of nitrogens with zero attached hydrogens (tertiary/aromatic N) is 4. The number of hydrogen-bond donors (Lipinski definition) is 2. The summed E-state index contributed by atoms with van der Waals surface area (Å²) in [5, 5.41) is 14.4. The van der Waals surface area contributed by atoms with Crippen molar-refractivity contribution in [3.63, 3.8) is 0 Å². The monoisotopic (exact) mass is 476 g/mol. The zero-order valence-electron chi connectivity index (χ0n) is 15.7. The van der Waals surface area contributed by atoms with Crippen molar-refractivity contribution in [2.75, 3.05) is 13.6 Å². The Balaban J connectivity index is 0.00000312. The van der Waals surface area contributed by atoms with Crippen molar-refractivity contribution < 1.29 is 0 Å². The summed E-state index contributed by atoms with van der Waals surface area (Å²) in [6.07, 6.45) is 0.997. The van der Waals surface area contributed by atoms with E-state index in [0.717, 1.165) is 36.9 Å². The molecule has 6 nitrogen and oxygen atoms in total. The lowest BCUT2D eigenvalue weighted by molar-refractivity contribution is 0.555. The number of nitrogens with one attached hydrogen (secondary N) is 2. The molecule has 0 aliphatic carbocycles. The third kappa shape index (κ3) is 6.93. The normalized spacial score (nSPS) is 11.5. The van der Waals surface area contributed by atoms with Gasteiger partial charge in [-0.3, -0.25) is 9.67 Å². The van der Waals surface area contributed by atoms with Gasteiger partial charge >= 0.3 is 0 Å². The number of rotatable bonds is 7. The van der Waals surface area contributed by atoms with E-state index in [1.807, 2.05) is 6.92 Å². The van der Waals surface area contributed by atoms with Gasteiger partial charge in [-0.2, -0.15) is 5.10 Å². The molecule has 8 heteroatoms. The summed E-state index contributed by atoms with van der Waals surface area (Å²) in [6, 6.07) is 2.10. The Morgan fingerprint density at radius 1 is 1.32 bits per heavy atom. The lowest BCUT2D eigenvalue weighted by Gasteiger charge is -2.11. The van der Waals surface area contributed by atoms with Gasteiger partial charge in [0.15, 0.2) is 5.96 Å². The van der Waals surface area contributed by atoms with Gasteiger partial charge in [0.25, 0.3) is 0 Å². The second-order valence-corrected chi connectivity index (χ2v) is 7.08. The number of guanidine groups is 1. The topological polar surface area (TPSA) is 67.1 Å². The van der Waals surface area contributed by atoms with E-state index in [4.69, 9.17) is 0 Å². The molecule has 140 valence electrons. The maximum Gasteiger partial charge on any atom is 0.191 e. The van der Waals surface area contributed by atoms with Gasteiger partial charge in [-0.1, -0.05) is 13.8 Å². The van der Waals surface area contributed by atoms with Crippen LogP contribution in [0.2, 0.25) is 0 Å². The average molecular weight is 476 g/mol. The Bertz CT molecular complexity index is 676. The van der Waals surface area contributed by atoms with Crippen LogP contribution in [-0.4, -0.2) is 34.3 Å². The van der Waals surface area contributed by atoms with Gasteiger partial charge < -0.3 is 10.6 Å². The van der Waals surface area contributed by atoms with Crippen LogP contribution in [-0.2, 0) is 13.1 Å². The Kier molecular flexibility index (Phi) is 9.41. The maximum absolute atomic E-state index is 4.63. The molecule has 0 spiro atoms. The fraction of sp³-hybridized carbons (Fsp3) is 0.588. The van der Waals surface area contributed by atoms with Gasteiger partial charge in [0, 0.05) is 37.1 Å². The van der Waals surface area contributed by atoms with Crippen molar-refractivity contribution in [1.82, 2.24) is 25.4 Å². The molecule has 0 radical (unpaired) electrons. The van der Waals surface area contributed by atoms with E-state index >= 15 is 0 Å². The Morgan fingerprint density at radius 2 is 2.08 bits per heavy atom. The highest BCUT2D eigenvalue weighted by molar-refractivity contribution is 14.0. The van der Waals surface area contributed by atoms with Crippen LogP contribution >= 0.6 is 35.3 Å². The second-order valence-electron chi connectivity index (χ2n) is 6.19. The van der Waals surface area contributed by atoms with Crippen molar-refractivity contribution in [1.29, 1.82) is 0 Å². The number of aliphatic imine (C=N–C) groups is 1. The molecule has 0 amide bonds. The van der Waals surface area contributed by atoms with E-state index in [1.165, 1.54) is 10.7 Å². The number of aryl methyl sites for hydroxylation is 3. The molecule has 0 aliphatic heterocycles. The Hall–Kier alpha value is -1.16. The van der Waals surface area contributed by atoms with Crippen LogP contribution in [0.5, 0.6) is 0 Å². The second kappa shape index (κ2) is 10.7.